The Bertz CT molecular complexity index is 1030. The van der Waals surface area contributed by atoms with Gasteiger partial charge in [-0.25, -0.2) is 0 Å². The van der Waals surface area contributed by atoms with Crippen LogP contribution in [-0.4, -0.2) is 57.5 Å². The molecule has 2 aromatic heterocycles. The second-order valence-corrected chi connectivity index (χ2v) is 9.12. The summed E-state index contributed by atoms with van der Waals surface area (Å²) in [6.07, 6.45) is 9.78. The third-order valence-electron chi connectivity index (χ3n) is 6.82. The SMILES string of the molecule is O=C1CN(Cc2c[nH]c3ccccc23)CC(OCc2ccccn2)CN1C1CCCCC1. The smallest absolute Gasteiger partial charge is 0.237 e. The van der Waals surface area contributed by atoms with E-state index in [2.05, 4.69) is 44.2 Å². The van der Waals surface area contributed by atoms with Gasteiger partial charge in [0.1, 0.15) is 0 Å². The van der Waals surface area contributed by atoms with Gasteiger partial charge in [0.25, 0.3) is 0 Å². The molecule has 1 unspecified atom stereocenters. The van der Waals surface area contributed by atoms with Crippen LogP contribution in [0.3, 0.4) is 0 Å². The number of amides is 1. The fourth-order valence-corrected chi connectivity index (χ4v) is 5.17. The molecule has 5 rings (SSSR count). The molecule has 1 atom stereocenters. The van der Waals surface area contributed by atoms with Gasteiger partial charge in [-0.3, -0.25) is 14.7 Å². The summed E-state index contributed by atoms with van der Waals surface area (Å²) in [4.78, 5) is 25.5. The molecule has 0 spiro atoms. The minimum absolute atomic E-state index is 0.0319. The zero-order valence-corrected chi connectivity index (χ0v) is 18.6. The lowest BCUT2D eigenvalue weighted by molar-refractivity contribution is -0.135. The molecule has 2 aliphatic rings. The lowest BCUT2D eigenvalue weighted by Crippen LogP contribution is -2.45. The Labute approximate surface area is 189 Å². The first kappa shape index (κ1) is 21.2. The Balaban J connectivity index is 1.34. The van der Waals surface area contributed by atoms with Crippen LogP contribution in [0.4, 0.5) is 0 Å². The number of rotatable bonds is 6. The summed E-state index contributed by atoms with van der Waals surface area (Å²) in [6, 6.07) is 14.6. The molecule has 6 nitrogen and oxygen atoms in total. The Morgan fingerprint density at radius 3 is 2.72 bits per heavy atom. The van der Waals surface area contributed by atoms with Gasteiger partial charge in [-0.2, -0.15) is 0 Å². The summed E-state index contributed by atoms with van der Waals surface area (Å²) >= 11 is 0. The lowest BCUT2D eigenvalue weighted by atomic mass is 9.94. The molecular weight excluding hydrogens is 400 g/mol. The zero-order chi connectivity index (χ0) is 21.8. The monoisotopic (exact) mass is 432 g/mol. The van der Waals surface area contributed by atoms with E-state index in [9.17, 15) is 4.79 Å². The third kappa shape index (κ3) is 4.87. The zero-order valence-electron chi connectivity index (χ0n) is 18.6. The number of ether oxygens (including phenoxy) is 1. The van der Waals surface area contributed by atoms with E-state index >= 15 is 0 Å². The number of hydrogen-bond donors (Lipinski definition) is 1. The van der Waals surface area contributed by atoms with Crippen molar-refractivity contribution in [1.29, 1.82) is 0 Å². The molecule has 3 heterocycles. The highest BCUT2D eigenvalue weighted by Crippen LogP contribution is 2.26. The van der Waals surface area contributed by atoms with Crippen LogP contribution < -0.4 is 0 Å². The number of H-pyrrole nitrogens is 1. The average Bonchev–Trinajstić information content (AvgIpc) is 3.16. The Kier molecular flexibility index (Phi) is 6.51. The van der Waals surface area contributed by atoms with Crippen LogP contribution in [0.25, 0.3) is 10.9 Å². The lowest BCUT2D eigenvalue weighted by Gasteiger charge is -2.35. The number of hydrogen-bond acceptors (Lipinski definition) is 4. The van der Waals surface area contributed by atoms with Crippen molar-refractivity contribution < 1.29 is 9.53 Å². The molecule has 0 bridgehead atoms. The number of carbonyl (C=O) groups is 1. The molecule has 32 heavy (non-hydrogen) atoms. The van der Waals surface area contributed by atoms with Crippen LogP contribution in [0.15, 0.2) is 54.9 Å². The largest absolute Gasteiger partial charge is 0.369 e. The normalized spacial score (nSPS) is 21.2. The number of aromatic nitrogens is 2. The quantitative estimate of drug-likeness (QED) is 0.636. The van der Waals surface area contributed by atoms with Gasteiger partial charge in [0.15, 0.2) is 0 Å². The minimum Gasteiger partial charge on any atom is -0.369 e. The molecule has 1 aliphatic carbocycles. The molecule has 168 valence electrons. The number of para-hydroxylation sites is 1. The molecule has 0 radical (unpaired) electrons. The number of benzene rings is 1. The van der Waals surface area contributed by atoms with Gasteiger partial charge in [-0.15, -0.1) is 0 Å². The Morgan fingerprint density at radius 2 is 1.88 bits per heavy atom. The summed E-state index contributed by atoms with van der Waals surface area (Å²) in [5.74, 6) is 0.237. The maximum absolute atomic E-state index is 13.3. The standard InChI is InChI=1S/C26H32N4O2/c31-26-18-29(15-20-14-28-25-12-5-4-11-24(20)25)16-23(32-19-21-8-6-7-13-27-21)17-30(26)22-9-2-1-3-10-22/h4-8,11-14,22-23,28H,1-3,9-10,15-19H2. The molecular formula is C26H32N4O2. The van der Waals surface area contributed by atoms with Gasteiger partial charge in [0.2, 0.25) is 5.91 Å². The van der Waals surface area contributed by atoms with Crippen LogP contribution in [0.5, 0.6) is 0 Å². The van der Waals surface area contributed by atoms with Crippen molar-refractivity contribution in [3.8, 4) is 0 Å². The highest BCUT2D eigenvalue weighted by molar-refractivity contribution is 5.83. The van der Waals surface area contributed by atoms with Crippen molar-refractivity contribution >= 4 is 16.8 Å². The molecule has 1 aliphatic heterocycles. The van der Waals surface area contributed by atoms with E-state index in [1.54, 1.807) is 6.20 Å². The van der Waals surface area contributed by atoms with Gasteiger partial charge in [-0.1, -0.05) is 43.5 Å². The average molecular weight is 433 g/mol. The molecule has 2 fully saturated rings. The molecule has 1 aromatic carbocycles. The van der Waals surface area contributed by atoms with Crippen molar-refractivity contribution in [2.24, 2.45) is 0 Å². The summed E-state index contributed by atoms with van der Waals surface area (Å²) in [5, 5.41) is 1.22. The number of nitrogens with zero attached hydrogens (tertiary/aromatic N) is 3. The molecule has 1 saturated carbocycles. The first-order chi connectivity index (χ1) is 15.8. The van der Waals surface area contributed by atoms with E-state index < -0.39 is 0 Å². The van der Waals surface area contributed by atoms with Gasteiger partial charge in [-0.05, 0) is 36.6 Å². The summed E-state index contributed by atoms with van der Waals surface area (Å²) in [5.41, 5.74) is 3.29. The van der Waals surface area contributed by atoms with Crippen molar-refractivity contribution in [2.75, 3.05) is 19.6 Å². The highest BCUT2D eigenvalue weighted by atomic mass is 16.5. The van der Waals surface area contributed by atoms with E-state index in [4.69, 9.17) is 4.74 Å². The predicted octanol–water partition coefficient (Wildman–Crippen LogP) is 4.13. The topological polar surface area (TPSA) is 61.5 Å². The van der Waals surface area contributed by atoms with Crippen molar-refractivity contribution in [3.63, 3.8) is 0 Å². The minimum atomic E-state index is -0.0319. The van der Waals surface area contributed by atoms with Gasteiger partial charge < -0.3 is 14.6 Å². The molecule has 1 saturated heterocycles. The van der Waals surface area contributed by atoms with E-state index in [-0.39, 0.29) is 12.0 Å². The molecule has 1 N–H and O–H groups in total. The number of pyridine rings is 1. The van der Waals surface area contributed by atoms with Crippen LogP contribution in [0, 0.1) is 0 Å². The van der Waals surface area contributed by atoms with Crippen LogP contribution >= 0.6 is 0 Å². The molecule has 6 heteroatoms. The summed E-state index contributed by atoms with van der Waals surface area (Å²) in [6.45, 7) is 3.05. The van der Waals surface area contributed by atoms with Gasteiger partial charge in [0, 0.05) is 49.0 Å². The van der Waals surface area contributed by atoms with E-state index in [1.807, 2.05) is 24.3 Å². The number of nitrogens with one attached hydrogen (secondary N) is 1. The second-order valence-electron chi connectivity index (χ2n) is 9.12. The van der Waals surface area contributed by atoms with E-state index in [0.29, 0.717) is 25.7 Å². The number of aromatic amines is 1. The van der Waals surface area contributed by atoms with Crippen molar-refractivity contribution in [1.82, 2.24) is 19.8 Å². The fraction of sp³-hybridized carbons (Fsp3) is 0.462. The number of carbonyl (C=O) groups excluding carboxylic acids is 1. The van der Waals surface area contributed by atoms with Gasteiger partial charge in [0.05, 0.1) is 24.9 Å². The Morgan fingerprint density at radius 1 is 1.03 bits per heavy atom. The first-order valence-corrected chi connectivity index (χ1v) is 11.8. The van der Waals surface area contributed by atoms with E-state index in [1.165, 1.54) is 30.2 Å². The summed E-state index contributed by atoms with van der Waals surface area (Å²) in [7, 11) is 0. The number of fused-ring (bicyclic) bond motifs is 1. The van der Waals surface area contributed by atoms with E-state index in [0.717, 1.165) is 37.1 Å². The fourth-order valence-electron chi connectivity index (χ4n) is 5.17. The highest BCUT2D eigenvalue weighted by Gasteiger charge is 2.33. The maximum atomic E-state index is 13.3. The first-order valence-electron chi connectivity index (χ1n) is 11.8. The predicted molar refractivity (Wildman–Crippen MR) is 125 cm³/mol. The summed E-state index contributed by atoms with van der Waals surface area (Å²) < 4.78 is 6.35. The third-order valence-corrected chi connectivity index (χ3v) is 6.82. The second kappa shape index (κ2) is 9.84. The van der Waals surface area contributed by atoms with Crippen LogP contribution in [0.2, 0.25) is 0 Å². The van der Waals surface area contributed by atoms with Crippen LogP contribution in [0.1, 0.15) is 43.4 Å². The Hall–Kier alpha value is -2.70. The molecule has 3 aromatic rings. The maximum Gasteiger partial charge on any atom is 0.237 e. The van der Waals surface area contributed by atoms with Gasteiger partial charge >= 0.3 is 0 Å². The molecule has 1 amide bonds. The van der Waals surface area contributed by atoms with Crippen molar-refractivity contribution in [3.05, 3.63) is 66.1 Å². The van der Waals surface area contributed by atoms with Crippen molar-refractivity contribution in [2.45, 2.75) is 57.4 Å². The van der Waals surface area contributed by atoms with Crippen LogP contribution in [-0.2, 0) is 22.7 Å².